The summed E-state index contributed by atoms with van der Waals surface area (Å²) in [5, 5.41) is 6.04. The summed E-state index contributed by atoms with van der Waals surface area (Å²) >= 11 is 0. The van der Waals surface area contributed by atoms with Gasteiger partial charge in [0, 0.05) is 53.2 Å². The van der Waals surface area contributed by atoms with Gasteiger partial charge in [-0.1, -0.05) is 11.6 Å². The fourth-order valence-electron chi connectivity index (χ4n) is 5.12. The van der Waals surface area contributed by atoms with E-state index in [4.69, 9.17) is 10.5 Å². The van der Waals surface area contributed by atoms with Gasteiger partial charge in [0.1, 0.15) is 5.82 Å². The normalized spacial score (nSPS) is 18.4. The van der Waals surface area contributed by atoms with Gasteiger partial charge in [0.15, 0.2) is 6.23 Å². The van der Waals surface area contributed by atoms with E-state index in [1.165, 1.54) is 18.1 Å². The van der Waals surface area contributed by atoms with Crippen molar-refractivity contribution in [2.45, 2.75) is 51.7 Å². The van der Waals surface area contributed by atoms with Crippen LogP contribution in [0.15, 0.2) is 36.4 Å². The minimum atomic E-state index is -0.546. The number of hydrogen-bond donors (Lipinski definition) is 1. The molecule has 0 radical (unpaired) electrons. The molecular formula is C26H26FN5O2. The summed E-state index contributed by atoms with van der Waals surface area (Å²) in [6.07, 6.45) is 15.0. The van der Waals surface area contributed by atoms with Crippen molar-refractivity contribution < 1.29 is 13.9 Å². The van der Waals surface area contributed by atoms with Crippen molar-refractivity contribution >= 4 is 33.8 Å². The molecule has 6 rings (SSSR count). The molecule has 2 fully saturated rings. The first kappa shape index (κ1) is 21.0. The summed E-state index contributed by atoms with van der Waals surface area (Å²) in [5.41, 5.74) is 10.9. The number of hydrogen-bond acceptors (Lipinski definition) is 4. The van der Waals surface area contributed by atoms with Crippen LogP contribution in [0, 0.1) is 12.7 Å². The summed E-state index contributed by atoms with van der Waals surface area (Å²) in [6, 6.07) is 1.53. The Balaban J connectivity index is 1.65. The number of pyridine rings is 1. The van der Waals surface area contributed by atoms with Crippen molar-refractivity contribution in [1.82, 2.24) is 19.3 Å². The maximum atomic E-state index is 15.3. The van der Waals surface area contributed by atoms with E-state index in [1.54, 1.807) is 36.4 Å². The monoisotopic (exact) mass is 459 g/mol. The number of ether oxygens (including phenoxy) is 1. The van der Waals surface area contributed by atoms with Crippen molar-refractivity contribution in [1.29, 1.82) is 0 Å². The van der Waals surface area contributed by atoms with Crippen molar-refractivity contribution in [3.05, 3.63) is 58.9 Å². The van der Waals surface area contributed by atoms with Crippen LogP contribution in [0.1, 0.15) is 66.2 Å². The largest absolute Gasteiger partial charge is 0.366 e. The zero-order valence-electron chi connectivity index (χ0n) is 19.1. The molecule has 8 heteroatoms. The molecule has 1 aliphatic carbocycles. The molecule has 0 bridgehead atoms. The highest BCUT2D eigenvalue weighted by Gasteiger charge is 2.25. The minimum Gasteiger partial charge on any atom is -0.366 e. The van der Waals surface area contributed by atoms with E-state index in [-0.39, 0.29) is 12.0 Å². The molecule has 1 aromatic carbocycles. The second-order valence-corrected chi connectivity index (χ2v) is 9.23. The van der Waals surface area contributed by atoms with Crippen molar-refractivity contribution in [3.8, 4) is 5.69 Å². The van der Waals surface area contributed by atoms with E-state index in [9.17, 15) is 4.79 Å². The van der Waals surface area contributed by atoms with E-state index in [0.29, 0.717) is 34.3 Å². The Labute approximate surface area is 196 Å². The van der Waals surface area contributed by atoms with Gasteiger partial charge < -0.3 is 15.0 Å². The first-order valence-electron chi connectivity index (χ1n) is 11.8. The number of allylic oxidation sites excluding steroid dienone is 1. The third-order valence-electron chi connectivity index (χ3n) is 7.09. The Morgan fingerprint density at radius 2 is 2.06 bits per heavy atom. The molecule has 174 valence electrons. The molecule has 1 aliphatic heterocycles. The van der Waals surface area contributed by atoms with Gasteiger partial charge >= 0.3 is 0 Å². The topological polar surface area (TPSA) is 88.0 Å². The van der Waals surface area contributed by atoms with Crippen LogP contribution in [-0.2, 0) is 4.74 Å². The quantitative estimate of drug-likeness (QED) is 0.455. The highest BCUT2D eigenvalue weighted by molar-refractivity contribution is 6.09. The molecule has 4 heterocycles. The molecule has 4 aromatic rings. The first-order chi connectivity index (χ1) is 16.5. The number of nitrogens with two attached hydrogens (primary N) is 1. The summed E-state index contributed by atoms with van der Waals surface area (Å²) < 4.78 is 24.9. The third-order valence-corrected chi connectivity index (χ3v) is 7.09. The number of aromatic nitrogens is 4. The van der Waals surface area contributed by atoms with Crippen LogP contribution in [0.4, 0.5) is 4.39 Å². The van der Waals surface area contributed by atoms with E-state index in [2.05, 4.69) is 16.2 Å². The van der Waals surface area contributed by atoms with Gasteiger partial charge in [0.2, 0.25) is 0 Å². The predicted octanol–water partition coefficient (Wildman–Crippen LogP) is 5.19. The van der Waals surface area contributed by atoms with Crippen LogP contribution < -0.4 is 5.73 Å². The molecule has 34 heavy (non-hydrogen) atoms. The summed E-state index contributed by atoms with van der Waals surface area (Å²) in [6.45, 7) is 2.42. The molecule has 3 aromatic heterocycles. The summed E-state index contributed by atoms with van der Waals surface area (Å²) in [4.78, 5) is 16.7. The number of nitrogens with zero attached hydrogens (tertiary/aromatic N) is 4. The molecule has 7 nitrogen and oxygen atoms in total. The maximum absolute atomic E-state index is 15.3. The van der Waals surface area contributed by atoms with E-state index in [0.717, 1.165) is 48.6 Å². The Morgan fingerprint density at radius 1 is 1.21 bits per heavy atom. The minimum absolute atomic E-state index is 0.216. The second-order valence-electron chi connectivity index (χ2n) is 9.23. The molecule has 1 unspecified atom stereocenters. The maximum Gasteiger partial charge on any atom is 0.250 e. The number of carbonyl (C=O) groups excluding carboxylic acids is 1. The van der Waals surface area contributed by atoms with Gasteiger partial charge in [-0.05, 0) is 45.4 Å². The number of benzene rings is 1. The predicted molar refractivity (Wildman–Crippen MR) is 128 cm³/mol. The fourth-order valence-corrected chi connectivity index (χ4v) is 5.12. The summed E-state index contributed by atoms with van der Waals surface area (Å²) in [5.74, 6) is -0.883. The Bertz CT molecular complexity index is 1470. The highest BCUT2D eigenvalue weighted by Crippen LogP contribution is 2.37. The van der Waals surface area contributed by atoms with Gasteiger partial charge in [-0.3, -0.25) is 9.78 Å². The van der Waals surface area contributed by atoms with Crippen LogP contribution in [0.25, 0.3) is 33.6 Å². The first-order valence-corrected chi connectivity index (χ1v) is 11.8. The number of primary amides is 1. The van der Waals surface area contributed by atoms with Gasteiger partial charge in [-0.2, -0.15) is 5.10 Å². The second kappa shape index (κ2) is 8.06. The van der Waals surface area contributed by atoms with E-state index in [1.807, 2.05) is 4.57 Å². The number of amides is 1. The molecule has 1 amide bonds. The average Bonchev–Trinajstić information content (AvgIpc) is 3.40. The number of carbonyl (C=O) groups is 1. The molecule has 2 aliphatic rings. The van der Waals surface area contributed by atoms with Crippen LogP contribution in [0.5, 0.6) is 0 Å². The zero-order valence-corrected chi connectivity index (χ0v) is 19.1. The van der Waals surface area contributed by atoms with Gasteiger partial charge in [0.05, 0.1) is 28.5 Å². The van der Waals surface area contributed by atoms with E-state index >= 15 is 4.39 Å². The molecule has 1 saturated carbocycles. The fraction of sp³-hybridized carbons (Fsp3) is 0.346. The van der Waals surface area contributed by atoms with Crippen molar-refractivity contribution in [2.24, 2.45) is 5.73 Å². The SMILES string of the molecule is Cc1c(F)cc2c(cnn2C2CCCCO2)c1-n1cc(C(N)=O)c2cncc(C=C3CCC3)c21. The lowest BCUT2D eigenvalue weighted by Crippen LogP contribution is -2.19. The summed E-state index contributed by atoms with van der Waals surface area (Å²) in [7, 11) is 0. The van der Waals surface area contributed by atoms with Crippen LogP contribution in [0.3, 0.4) is 0 Å². The van der Waals surface area contributed by atoms with Gasteiger partial charge in [-0.25, -0.2) is 9.07 Å². The lowest BCUT2D eigenvalue weighted by molar-refractivity contribution is -0.0366. The number of fused-ring (bicyclic) bond motifs is 2. The molecule has 1 atom stereocenters. The van der Waals surface area contributed by atoms with Crippen LogP contribution in [-0.4, -0.2) is 31.8 Å². The third kappa shape index (κ3) is 3.24. The average molecular weight is 460 g/mol. The number of halogens is 1. The molecular weight excluding hydrogens is 433 g/mol. The van der Waals surface area contributed by atoms with Crippen molar-refractivity contribution in [2.75, 3.05) is 6.61 Å². The lowest BCUT2D eigenvalue weighted by atomic mass is 9.90. The van der Waals surface area contributed by atoms with Gasteiger partial charge in [0.25, 0.3) is 5.91 Å². The number of rotatable bonds is 4. The highest BCUT2D eigenvalue weighted by atomic mass is 19.1. The van der Waals surface area contributed by atoms with E-state index < -0.39 is 5.91 Å². The lowest BCUT2D eigenvalue weighted by Gasteiger charge is -2.23. The smallest absolute Gasteiger partial charge is 0.250 e. The molecule has 0 spiro atoms. The Morgan fingerprint density at radius 3 is 2.76 bits per heavy atom. The van der Waals surface area contributed by atoms with Crippen molar-refractivity contribution in [3.63, 3.8) is 0 Å². The Hall–Kier alpha value is -3.52. The van der Waals surface area contributed by atoms with Crippen LogP contribution in [0.2, 0.25) is 0 Å². The molecule has 1 saturated heterocycles. The zero-order chi connectivity index (χ0) is 23.4. The van der Waals surface area contributed by atoms with Crippen LogP contribution >= 0.6 is 0 Å². The standard InChI is InChI=1S/C26H26FN5O2/c1-15-21(27)10-22-19(13-30-32(22)23-7-2-3-8-34-23)24(15)31-14-20(26(28)33)18-12-29-11-17(25(18)31)9-16-5-4-6-16/h9-14,23H,2-8H2,1H3,(H2,28,33). The Kier molecular flexibility index (Phi) is 4.99. The molecule has 2 N–H and O–H groups in total. The van der Waals surface area contributed by atoms with Gasteiger partial charge in [-0.15, -0.1) is 0 Å².